The van der Waals surface area contributed by atoms with Gasteiger partial charge < -0.3 is 5.11 Å². The summed E-state index contributed by atoms with van der Waals surface area (Å²) in [4.78, 5) is 16.0. The Morgan fingerprint density at radius 2 is 2.24 bits per heavy atom. The fourth-order valence-electron chi connectivity index (χ4n) is 1.38. The standard InChI is InChI=1S/C11H10BrNO2S2/c12-7-4-9(16-5-7)11-13-8(6-17-11)2-1-3-10(14)15/h4-6H,1-3H2,(H,14,15). The van der Waals surface area contributed by atoms with E-state index < -0.39 is 5.97 Å². The Labute approximate surface area is 115 Å². The molecule has 3 nitrogen and oxygen atoms in total. The number of aryl methyl sites for hydroxylation is 1. The molecule has 2 aromatic rings. The van der Waals surface area contributed by atoms with Gasteiger partial charge in [0, 0.05) is 21.7 Å². The Bertz CT molecular complexity index is 521. The highest BCUT2D eigenvalue weighted by molar-refractivity contribution is 9.10. The van der Waals surface area contributed by atoms with Gasteiger partial charge in [-0.3, -0.25) is 4.79 Å². The predicted octanol–water partition coefficient (Wildman–Crippen LogP) is 4.04. The Hall–Kier alpha value is -0.720. The summed E-state index contributed by atoms with van der Waals surface area (Å²) in [6.07, 6.45) is 1.58. The van der Waals surface area contributed by atoms with Crippen LogP contribution in [0.25, 0.3) is 9.88 Å². The third-order valence-corrected chi connectivity index (χ3v) is 4.90. The molecule has 6 heteroatoms. The van der Waals surface area contributed by atoms with Gasteiger partial charge in [0.25, 0.3) is 0 Å². The molecule has 0 aliphatic rings. The third kappa shape index (κ3) is 3.62. The molecule has 0 fully saturated rings. The number of thiophene rings is 1. The van der Waals surface area contributed by atoms with Gasteiger partial charge in [-0.1, -0.05) is 0 Å². The van der Waals surface area contributed by atoms with Gasteiger partial charge in [-0.05, 0) is 34.8 Å². The second kappa shape index (κ2) is 5.75. The molecule has 0 saturated carbocycles. The van der Waals surface area contributed by atoms with Crippen LogP contribution in [0.2, 0.25) is 0 Å². The molecule has 2 rings (SSSR count). The Morgan fingerprint density at radius 3 is 2.88 bits per heavy atom. The summed E-state index contributed by atoms with van der Waals surface area (Å²) in [5.74, 6) is -0.748. The summed E-state index contributed by atoms with van der Waals surface area (Å²) in [6.45, 7) is 0. The van der Waals surface area contributed by atoms with Crippen LogP contribution in [0.3, 0.4) is 0 Å². The summed E-state index contributed by atoms with van der Waals surface area (Å²) in [5, 5.41) is 13.6. The molecule has 0 spiro atoms. The van der Waals surface area contributed by atoms with Crippen LogP contribution in [0.5, 0.6) is 0 Å². The van der Waals surface area contributed by atoms with Gasteiger partial charge in [0.1, 0.15) is 5.01 Å². The van der Waals surface area contributed by atoms with Crippen LogP contribution < -0.4 is 0 Å². The van der Waals surface area contributed by atoms with Crippen LogP contribution in [0.15, 0.2) is 21.3 Å². The number of carbonyl (C=O) groups is 1. The van der Waals surface area contributed by atoms with Crippen molar-refractivity contribution in [2.75, 3.05) is 0 Å². The van der Waals surface area contributed by atoms with Gasteiger partial charge in [0.05, 0.1) is 10.6 Å². The first kappa shape index (κ1) is 12.7. The molecule has 2 aromatic heterocycles. The largest absolute Gasteiger partial charge is 0.481 e. The number of aliphatic carboxylic acids is 1. The number of rotatable bonds is 5. The number of hydrogen-bond donors (Lipinski definition) is 1. The van der Waals surface area contributed by atoms with Gasteiger partial charge in [-0.2, -0.15) is 0 Å². The van der Waals surface area contributed by atoms with Gasteiger partial charge in [-0.15, -0.1) is 22.7 Å². The first-order valence-electron chi connectivity index (χ1n) is 5.06. The summed E-state index contributed by atoms with van der Waals surface area (Å²) in [6, 6.07) is 2.05. The molecule has 0 amide bonds. The first-order valence-corrected chi connectivity index (χ1v) is 7.61. The molecule has 0 atom stereocenters. The average molecular weight is 332 g/mol. The van der Waals surface area contributed by atoms with Crippen molar-refractivity contribution in [2.45, 2.75) is 19.3 Å². The van der Waals surface area contributed by atoms with E-state index in [4.69, 9.17) is 5.11 Å². The van der Waals surface area contributed by atoms with Crippen molar-refractivity contribution in [1.82, 2.24) is 4.98 Å². The zero-order valence-corrected chi connectivity index (χ0v) is 12.1. The monoisotopic (exact) mass is 331 g/mol. The minimum absolute atomic E-state index is 0.206. The first-order chi connectivity index (χ1) is 8.15. The number of nitrogens with zero attached hydrogens (tertiary/aromatic N) is 1. The minimum Gasteiger partial charge on any atom is -0.481 e. The molecular formula is C11H10BrNO2S2. The summed E-state index contributed by atoms with van der Waals surface area (Å²) in [7, 11) is 0. The molecule has 90 valence electrons. The molecule has 2 heterocycles. The van der Waals surface area contributed by atoms with Crippen molar-refractivity contribution < 1.29 is 9.90 Å². The Balaban J connectivity index is 1.98. The topological polar surface area (TPSA) is 50.2 Å². The Morgan fingerprint density at radius 1 is 1.41 bits per heavy atom. The van der Waals surface area contributed by atoms with E-state index in [-0.39, 0.29) is 6.42 Å². The van der Waals surface area contributed by atoms with Crippen LogP contribution in [0, 0.1) is 0 Å². The number of carboxylic acids is 1. The third-order valence-electron chi connectivity index (χ3n) is 2.15. The van der Waals surface area contributed by atoms with Crippen LogP contribution in [0.1, 0.15) is 18.5 Å². The quantitative estimate of drug-likeness (QED) is 0.899. The molecule has 0 aromatic carbocycles. The second-order valence-electron chi connectivity index (χ2n) is 3.52. The van der Waals surface area contributed by atoms with E-state index in [0.29, 0.717) is 6.42 Å². The highest BCUT2D eigenvalue weighted by Crippen LogP contribution is 2.32. The lowest BCUT2D eigenvalue weighted by atomic mass is 10.2. The number of thiazole rings is 1. The molecule has 0 aliphatic carbocycles. The maximum atomic E-state index is 10.4. The van der Waals surface area contributed by atoms with E-state index in [0.717, 1.165) is 26.5 Å². The summed E-state index contributed by atoms with van der Waals surface area (Å²) in [5.41, 5.74) is 0.982. The molecule has 17 heavy (non-hydrogen) atoms. The molecule has 0 bridgehead atoms. The number of hydrogen-bond acceptors (Lipinski definition) is 4. The van der Waals surface area contributed by atoms with Crippen molar-refractivity contribution in [3.05, 3.63) is 27.0 Å². The van der Waals surface area contributed by atoms with Crippen molar-refractivity contribution in [1.29, 1.82) is 0 Å². The normalized spacial score (nSPS) is 10.6. The molecule has 0 unspecified atom stereocenters. The van der Waals surface area contributed by atoms with Gasteiger partial charge in [0.2, 0.25) is 0 Å². The fraction of sp³-hybridized carbons (Fsp3) is 0.273. The lowest BCUT2D eigenvalue weighted by Gasteiger charge is -1.93. The van der Waals surface area contributed by atoms with Crippen molar-refractivity contribution in [2.24, 2.45) is 0 Å². The van der Waals surface area contributed by atoms with Gasteiger partial charge in [-0.25, -0.2) is 4.98 Å². The number of aromatic nitrogens is 1. The SMILES string of the molecule is O=C(O)CCCc1csc(-c2cc(Br)cs2)n1. The fourth-order valence-corrected chi connectivity index (χ4v) is 3.74. The number of halogens is 1. The lowest BCUT2D eigenvalue weighted by molar-refractivity contribution is -0.137. The Kier molecular flexibility index (Phi) is 4.31. The van der Waals surface area contributed by atoms with E-state index >= 15 is 0 Å². The van der Waals surface area contributed by atoms with E-state index in [1.165, 1.54) is 0 Å². The van der Waals surface area contributed by atoms with Crippen LogP contribution in [-0.2, 0) is 11.2 Å². The smallest absolute Gasteiger partial charge is 0.303 e. The van der Waals surface area contributed by atoms with E-state index in [1.807, 2.05) is 16.8 Å². The average Bonchev–Trinajstić information content (AvgIpc) is 2.86. The molecule has 0 radical (unpaired) electrons. The molecule has 1 N–H and O–H groups in total. The van der Waals surface area contributed by atoms with E-state index in [2.05, 4.69) is 20.9 Å². The minimum atomic E-state index is -0.748. The predicted molar refractivity (Wildman–Crippen MR) is 73.7 cm³/mol. The maximum absolute atomic E-state index is 10.4. The number of carboxylic acid groups (broad SMARTS) is 1. The van der Waals surface area contributed by atoms with Crippen LogP contribution in [0.4, 0.5) is 0 Å². The van der Waals surface area contributed by atoms with Crippen molar-refractivity contribution in [3.8, 4) is 9.88 Å². The zero-order chi connectivity index (χ0) is 12.3. The maximum Gasteiger partial charge on any atom is 0.303 e. The highest BCUT2D eigenvalue weighted by Gasteiger charge is 2.07. The van der Waals surface area contributed by atoms with E-state index in [1.54, 1.807) is 22.7 Å². The van der Waals surface area contributed by atoms with Gasteiger partial charge in [0.15, 0.2) is 0 Å². The second-order valence-corrected chi connectivity index (χ2v) is 6.21. The van der Waals surface area contributed by atoms with Crippen LogP contribution in [-0.4, -0.2) is 16.1 Å². The summed E-state index contributed by atoms with van der Waals surface area (Å²) >= 11 is 6.67. The van der Waals surface area contributed by atoms with E-state index in [9.17, 15) is 4.79 Å². The zero-order valence-electron chi connectivity index (χ0n) is 8.85. The molecular weight excluding hydrogens is 322 g/mol. The summed E-state index contributed by atoms with van der Waals surface area (Å²) < 4.78 is 1.07. The van der Waals surface area contributed by atoms with Gasteiger partial charge >= 0.3 is 5.97 Å². The van der Waals surface area contributed by atoms with Crippen molar-refractivity contribution >= 4 is 44.6 Å². The lowest BCUT2D eigenvalue weighted by Crippen LogP contribution is -1.95. The molecule has 0 aliphatic heterocycles. The highest BCUT2D eigenvalue weighted by atomic mass is 79.9. The molecule has 0 saturated heterocycles. The van der Waals surface area contributed by atoms with Crippen molar-refractivity contribution in [3.63, 3.8) is 0 Å². The van der Waals surface area contributed by atoms with Crippen LogP contribution >= 0.6 is 38.6 Å².